The highest BCUT2D eigenvalue weighted by Gasteiger charge is 2.33. The molecule has 10 heteroatoms. The summed E-state index contributed by atoms with van der Waals surface area (Å²) in [6.45, 7) is 2.27. The van der Waals surface area contributed by atoms with Crippen LogP contribution >= 0.6 is 24.2 Å². The van der Waals surface area contributed by atoms with E-state index in [1.54, 1.807) is 16.7 Å². The zero-order valence-corrected chi connectivity index (χ0v) is 17.5. The molecule has 8 nitrogen and oxygen atoms in total. The summed E-state index contributed by atoms with van der Waals surface area (Å²) >= 11 is 1.65. The number of piperazine rings is 1. The third-order valence-corrected chi connectivity index (χ3v) is 6.07. The average Bonchev–Trinajstić information content (AvgIpc) is 3.06. The number of nitrogens with zero attached hydrogens (tertiary/aromatic N) is 5. The third-order valence-electron chi connectivity index (χ3n) is 5.05. The molecule has 0 atom stereocenters. The van der Waals surface area contributed by atoms with Gasteiger partial charge < -0.3 is 9.80 Å². The van der Waals surface area contributed by atoms with Gasteiger partial charge in [-0.05, 0) is 5.56 Å². The van der Waals surface area contributed by atoms with Crippen LogP contribution in [0.2, 0.25) is 0 Å². The molecule has 3 heterocycles. The maximum Gasteiger partial charge on any atom is 0.242 e. The minimum absolute atomic E-state index is 0. The summed E-state index contributed by atoms with van der Waals surface area (Å²) in [4.78, 5) is 40.7. The second-order valence-corrected chi connectivity index (χ2v) is 7.77. The number of amidine groups is 1. The molecule has 0 aromatic heterocycles. The SMILES string of the molecule is Cl.O=C(CN1C(=O)CCC1=O)N1CCN(C2=NN=C(c3ccccc3)CS2)CC1. The van der Waals surface area contributed by atoms with Crippen molar-refractivity contribution >= 4 is 52.8 Å². The highest BCUT2D eigenvalue weighted by atomic mass is 35.5. The van der Waals surface area contributed by atoms with Crippen LogP contribution in [0.4, 0.5) is 0 Å². The molecule has 2 fully saturated rings. The maximum absolute atomic E-state index is 12.4. The molecule has 0 radical (unpaired) electrons. The number of carbonyl (C=O) groups is 3. The van der Waals surface area contributed by atoms with Crippen molar-refractivity contribution in [1.82, 2.24) is 14.7 Å². The predicted molar refractivity (Wildman–Crippen MR) is 114 cm³/mol. The van der Waals surface area contributed by atoms with Crippen molar-refractivity contribution in [2.24, 2.45) is 10.2 Å². The van der Waals surface area contributed by atoms with Gasteiger partial charge in [-0.15, -0.1) is 17.5 Å². The van der Waals surface area contributed by atoms with Gasteiger partial charge in [0.25, 0.3) is 0 Å². The van der Waals surface area contributed by atoms with Crippen molar-refractivity contribution in [3.05, 3.63) is 35.9 Å². The predicted octanol–water partition coefficient (Wildman–Crippen LogP) is 1.21. The topological polar surface area (TPSA) is 85.7 Å². The van der Waals surface area contributed by atoms with Crippen molar-refractivity contribution in [1.29, 1.82) is 0 Å². The second-order valence-electron chi connectivity index (χ2n) is 6.83. The Balaban J connectivity index is 0.00000240. The fraction of sp³-hybridized carbons (Fsp3) is 0.421. The summed E-state index contributed by atoms with van der Waals surface area (Å²) < 4.78 is 0. The number of likely N-dealkylation sites (tertiary alicyclic amines) is 1. The van der Waals surface area contributed by atoms with Crippen LogP contribution in [0.3, 0.4) is 0 Å². The molecule has 29 heavy (non-hydrogen) atoms. The van der Waals surface area contributed by atoms with E-state index in [9.17, 15) is 14.4 Å². The Kier molecular flexibility index (Phi) is 6.92. The van der Waals surface area contributed by atoms with Crippen LogP contribution in [0, 0.1) is 0 Å². The molecule has 3 aliphatic heterocycles. The van der Waals surface area contributed by atoms with E-state index in [0.29, 0.717) is 26.2 Å². The molecule has 0 unspecified atom stereocenters. The first kappa shape index (κ1) is 21.3. The molecule has 3 aliphatic rings. The molecule has 1 aromatic rings. The Labute approximate surface area is 179 Å². The van der Waals surface area contributed by atoms with Crippen molar-refractivity contribution in [2.45, 2.75) is 12.8 Å². The molecule has 1 aromatic carbocycles. The number of benzene rings is 1. The number of hydrogen-bond donors (Lipinski definition) is 0. The number of amides is 3. The van der Waals surface area contributed by atoms with Gasteiger partial charge in [-0.2, -0.15) is 5.10 Å². The monoisotopic (exact) mass is 435 g/mol. The van der Waals surface area contributed by atoms with E-state index in [0.717, 1.165) is 27.1 Å². The first-order valence-corrected chi connectivity index (χ1v) is 10.3. The van der Waals surface area contributed by atoms with E-state index in [1.165, 1.54) is 0 Å². The van der Waals surface area contributed by atoms with Crippen molar-refractivity contribution in [2.75, 3.05) is 38.5 Å². The van der Waals surface area contributed by atoms with Gasteiger partial charge in [0.05, 0.1) is 5.71 Å². The van der Waals surface area contributed by atoms with E-state index in [1.807, 2.05) is 30.3 Å². The van der Waals surface area contributed by atoms with E-state index < -0.39 is 0 Å². The van der Waals surface area contributed by atoms with E-state index in [-0.39, 0.29) is 49.5 Å². The summed E-state index contributed by atoms with van der Waals surface area (Å²) in [5.41, 5.74) is 2.04. The minimum Gasteiger partial charge on any atom is -0.346 e. The fourth-order valence-electron chi connectivity index (χ4n) is 3.40. The largest absolute Gasteiger partial charge is 0.346 e. The number of thioether (sulfide) groups is 1. The highest BCUT2D eigenvalue weighted by Crippen LogP contribution is 2.20. The smallest absolute Gasteiger partial charge is 0.242 e. The Morgan fingerprint density at radius 2 is 1.62 bits per heavy atom. The summed E-state index contributed by atoms with van der Waals surface area (Å²) in [7, 11) is 0. The number of rotatable bonds is 3. The number of carbonyl (C=O) groups excluding carboxylic acids is 3. The van der Waals surface area contributed by atoms with Crippen molar-refractivity contribution in [3.63, 3.8) is 0 Å². The molecule has 0 bridgehead atoms. The Bertz CT molecular complexity index is 837. The molecule has 2 saturated heterocycles. The number of halogens is 1. The Morgan fingerprint density at radius 3 is 2.21 bits per heavy atom. The number of imide groups is 1. The quantitative estimate of drug-likeness (QED) is 0.666. The van der Waals surface area contributed by atoms with Crippen LogP contribution in [0.15, 0.2) is 40.5 Å². The van der Waals surface area contributed by atoms with Gasteiger partial charge >= 0.3 is 0 Å². The average molecular weight is 436 g/mol. The van der Waals surface area contributed by atoms with E-state index in [4.69, 9.17) is 0 Å². The summed E-state index contributed by atoms with van der Waals surface area (Å²) in [6.07, 6.45) is 0.421. The van der Waals surface area contributed by atoms with Crippen molar-refractivity contribution < 1.29 is 14.4 Å². The molecule has 0 aliphatic carbocycles. The lowest BCUT2D eigenvalue weighted by Gasteiger charge is -2.36. The summed E-state index contributed by atoms with van der Waals surface area (Å²) in [5.74, 6) is 0.0844. The minimum atomic E-state index is -0.253. The second kappa shape index (κ2) is 9.41. The van der Waals surface area contributed by atoms with Crippen LogP contribution < -0.4 is 0 Å². The number of hydrogen-bond acceptors (Lipinski definition) is 7. The summed E-state index contributed by atoms with van der Waals surface area (Å²) in [6, 6.07) is 10.0. The molecule has 0 saturated carbocycles. The molecule has 4 rings (SSSR count). The van der Waals surface area contributed by atoms with Gasteiger partial charge in [0.15, 0.2) is 5.17 Å². The standard InChI is InChI=1S/C19H21N5O3S.ClH/c25-16-6-7-17(26)24(16)12-18(27)22-8-10-23(11-9-22)19-21-20-15(13-28-19)14-4-2-1-3-5-14;/h1-5H,6-13H2;1H. The van der Waals surface area contributed by atoms with Gasteiger partial charge in [0.2, 0.25) is 17.7 Å². The van der Waals surface area contributed by atoms with Gasteiger partial charge in [0.1, 0.15) is 6.54 Å². The van der Waals surface area contributed by atoms with E-state index in [2.05, 4.69) is 15.1 Å². The van der Waals surface area contributed by atoms with Gasteiger partial charge in [-0.1, -0.05) is 42.1 Å². The third kappa shape index (κ3) is 4.79. The van der Waals surface area contributed by atoms with E-state index >= 15 is 0 Å². The van der Waals surface area contributed by atoms with Crippen LogP contribution in [0.1, 0.15) is 18.4 Å². The first-order chi connectivity index (χ1) is 13.6. The van der Waals surface area contributed by atoms with Crippen LogP contribution in [-0.4, -0.2) is 81.8 Å². The zero-order chi connectivity index (χ0) is 19.5. The zero-order valence-electron chi connectivity index (χ0n) is 15.8. The first-order valence-electron chi connectivity index (χ1n) is 9.30. The summed E-state index contributed by atoms with van der Waals surface area (Å²) in [5, 5.41) is 9.62. The van der Waals surface area contributed by atoms with Crippen LogP contribution in [-0.2, 0) is 14.4 Å². The lowest BCUT2D eigenvalue weighted by Crippen LogP contribution is -2.52. The lowest BCUT2D eigenvalue weighted by atomic mass is 10.1. The molecular formula is C19H22ClN5O3S. The molecule has 0 spiro atoms. The normalized spacial score (nSPS) is 19.7. The fourth-order valence-corrected chi connectivity index (χ4v) is 4.36. The van der Waals surface area contributed by atoms with Gasteiger partial charge in [-0.25, -0.2) is 0 Å². The molecule has 3 amide bonds. The van der Waals surface area contributed by atoms with Crippen molar-refractivity contribution in [3.8, 4) is 0 Å². The van der Waals surface area contributed by atoms with Crippen LogP contribution in [0.5, 0.6) is 0 Å². The molecule has 0 N–H and O–H groups in total. The maximum atomic E-state index is 12.4. The Hall–Kier alpha value is -2.39. The highest BCUT2D eigenvalue weighted by molar-refractivity contribution is 8.14. The van der Waals surface area contributed by atoms with Gasteiger partial charge in [0, 0.05) is 44.8 Å². The van der Waals surface area contributed by atoms with Crippen LogP contribution in [0.25, 0.3) is 0 Å². The molecular weight excluding hydrogens is 414 g/mol. The lowest BCUT2D eigenvalue weighted by molar-refractivity contribution is -0.146. The van der Waals surface area contributed by atoms with Gasteiger partial charge in [-0.3, -0.25) is 19.3 Å². The molecule has 154 valence electrons. The Morgan fingerprint density at radius 1 is 0.966 bits per heavy atom.